The lowest BCUT2D eigenvalue weighted by molar-refractivity contribution is 0.686. The van der Waals surface area contributed by atoms with Crippen molar-refractivity contribution in [2.24, 2.45) is 0 Å². The van der Waals surface area contributed by atoms with Crippen LogP contribution in [0, 0.1) is 0 Å². The van der Waals surface area contributed by atoms with E-state index in [9.17, 15) is 0 Å². The van der Waals surface area contributed by atoms with E-state index in [2.05, 4.69) is 149 Å². The van der Waals surface area contributed by atoms with Crippen molar-refractivity contribution >= 4 is 98.7 Å². The largest absolute Gasteiger partial charge is 0.310 e. The number of nitrogens with zero attached hydrogens (tertiary/aromatic N) is 2. The number of benzene rings is 6. The van der Waals surface area contributed by atoms with Crippen molar-refractivity contribution in [1.82, 2.24) is 0 Å². The average Bonchev–Trinajstić information content (AvgIpc) is 3.74. The Balaban J connectivity index is 1.15. The highest BCUT2D eigenvalue weighted by atomic mass is 32.1. The Morgan fingerprint density at radius 2 is 1.02 bits per heavy atom. The van der Waals surface area contributed by atoms with E-state index >= 15 is 0 Å². The smallest absolute Gasteiger partial charge is 0.277 e. The third kappa shape index (κ3) is 4.06. The summed E-state index contributed by atoms with van der Waals surface area (Å²) < 4.78 is 5.54. The maximum absolute atomic E-state index is 2.56. The van der Waals surface area contributed by atoms with Crippen molar-refractivity contribution < 1.29 is 0 Å². The predicted molar refractivity (Wildman–Crippen MR) is 213 cm³/mol. The zero-order chi connectivity index (χ0) is 32.1. The van der Waals surface area contributed by atoms with Crippen LogP contribution in [0.2, 0.25) is 0 Å². The quantitative estimate of drug-likeness (QED) is 0.174. The van der Waals surface area contributed by atoms with Crippen molar-refractivity contribution in [3.63, 3.8) is 0 Å². The molecule has 0 atom stereocenters. The Kier molecular flexibility index (Phi) is 6.07. The van der Waals surface area contributed by atoms with Gasteiger partial charge < -0.3 is 9.80 Å². The van der Waals surface area contributed by atoms with Gasteiger partial charge in [-0.2, -0.15) is 0 Å². The van der Waals surface area contributed by atoms with Crippen LogP contribution in [-0.2, 0) is 12.8 Å². The molecule has 3 aliphatic rings. The number of anilines is 6. The molecule has 1 aliphatic carbocycles. The molecule has 11 rings (SSSR count). The number of aryl methyl sites for hydroxylation is 2. The van der Waals surface area contributed by atoms with E-state index in [0.717, 1.165) is 0 Å². The van der Waals surface area contributed by atoms with Gasteiger partial charge in [-0.1, -0.05) is 91.0 Å². The Labute approximate surface area is 294 Å². The molecule has 0 amide bonds. The molecule has 0 N–H and O–H groups in total. The normalized spacial score (nSPS) is 14.5. The SMILES string of the molecule is c1ccc(N2c3cccc4c3B(c3sc5ccccc5c32)c2sc3ccccc3c2N4c2ccc(-c3ccc4c(c3)CCCC4)cc2)cc1. The molecule has 0 unspecified atom stereocenters. The monoisotopic (exact) mass is 662 g/mol. The fourth-order valence-corrected chi connectivity index (χ4v) is 11.3. The lowest BCUT2D eigenvalue weighted by atomic mass is 9.39. The molecule has 0 saturated carbocycles. The first-order chi connectivity index (χ1) is 24.3. The summed E-state index contributed by atoms with van der Waals surface area (Å²) in [6.45, 7) is 0.164. The van der Waals surface area contributed by atoms with Crippen molar-refractivity contribution in [3.05, 3.63) is 151 Å². The summed E-state index contributed by atoms with van der Waals surface area (Å²) in [6, 6.07) is 52.3. The van der Waals surface area contributed by atoms with Gasteiger partial charge in [0.2, 0.25) is 0 Å². The molecule has 2 aliphatic heterocycles. The van der Waals surface area contributed by atoms with Crippen molar-refractivity contribution in [2.45, 2.75) is 25.7 Å². The first-order valence-electron chi connectivity index (χ1n) is 17.4. The lowest BCUT2D eigenvalue weighted by Gasteiger charge is -2.42. The van der Waals surface area contributed by atoms with Gasteiger partial charge in [-0.15, -0.1) is 22.7 Å². The Morgan fingerprint density at radius 1 is 0.469 bits per heavy atom. The predicted octanol–water partition coefficient (Wildman–Crippen LogP) is 10.7. The molecule has 0 saturated heterocycles. The fourth-order valence-electron chi connectivity index (χ4n) is 8.63. The van der Waals surface area contributed by atoms with Gasteiger partial charge in [0.15, 0.2) is 0 Å². The van der Waals surface area contributed by atoms with Gasteiger partial charge in [-0.3, -0.25) is 0 Å². The Bertz CT molecular complexity index is 2580. The van der Waals surface area contributed by atoms with Crippen LogP contribution >= 0.6 is 22.7 Å². The standard InChI is InChI=1S/C44H31BN2S2/c1-2-13-32(14-3-1)46-36-17-10-18-37-40(36)45(43-41(46)34-15-6-8-19-38(34)48-43)44-42(35-16-7-9-20-39(35)49-44)47(37)33-25-23-29(24-26-33)31-22-21-28-11-4-5-12-30(28)27-31/h1-3,6-10,13-27H,4-5,11-12H2. The van der Waals surface area contributed by atoms with Crippen LogP contribution in [0.25, 0.3) is 31.3 Å². The molecule has 6 aromatic carbocycles. The van der Waals surface area contributed by atoms with Crippen LogP contribution in [0.4, 0.5) is 34.1 Å². The molecule has 0 radical (unpaired) electrons. The van der Waals surface area contributed by atoms with E-state index in [1.807, 2.05) is 22.7 Å². The molecule has 8 aromatic rings. The molecule has 0 spiro atoms. The number of rotatable bonds is 3. The number of hydrogen-bond acceptors (Lipinski definition) is 4. The highest BCUT2D eigenvalue weighted by molar-refractivity contribution is 7.40. The minimum atomic E-state index is 0.164. The topological polar surface area (TPSA) is 6.48 Å². The summed E-state index contributed by atoms with van der Waals surface area (Å²) in [7, 11) is 0. The second-order valence-electron chi connectivity index (χ2n) is 13.5. The van der Waals surface area contributed by atoms with Crippen molar-refractivity contribution in [2.75, 3.05) is 9.80 Å². The summed E-state index contributed by atoms with van der Waals surface area (Å²) >= 11 is 3.93. The summed E-state index contributed by atoms with van der Waals surface area (Å²) in [5, 5.41) is 2.65. The van der Waals surface area contributed by atoms with E-state index in [1.54, 1.807) is 0 Å². The number of para-hydroxylation sites is 1. The van der Waals surface area contributed by atoms with Crippen LogP contribution in [-0.4, -0.2) is 6.71 Å². The molecule has 49 heavy (non-hydrogen) atoms. The van der Waals surface area contributed by atoms with E-state index in [-0.39, 0.29) is 6.71 Å². The van der Waals surface area contributed by atoms with Gasteiger partial charge in [-0.05, 0) is 102 Å². The lowest BCUT2D eigenvalue weighted by Crippen LogP contribution is -2.59. The minimum absolute atomic E-state index is 0.164. The zero-order valence-corrected chi connectivity index (χ0v) is 28.5. The number of fused-ring (bicyclic) bond motifs is 9. The van der Waals surface area contributed by atoms with Gasteiger partial charge in [-0.25, -0.2) is 0 Å². The second kappa shape index (κ2) is 10.7. The van der Waals surface area contributed by atoms with Crippen molar-refractivity contribution in [3.8, 4) is 11.1 Å². The van der Waals surface area contributed by atoms with E-state index in [4.69, 9.17) is 0 Å². The molecule has 0 fully saturated rings. The third-order valence-electron chi connectivity index (χ3n) is 10.8. The summed E-state index contributed by atoms with van der Waals surface area (Å²) in [5.74, 6) is 0. The van der Waals surface area contributed by atoms with Gasteiger partial charge >= 0.3 is 0 Å². The van der Waals surface area contributed by atoms with Crippen LogP contribution in [0.3, 0.4) is 0 Å². The second-order valence-corrected chi connectivity index (χ2v) is 15.7. The highest BCUT2D eigenvalue weighted by Gasteiger charge is 2.46. The van der Waals surface area contributed by atoms with E-state index in [1.165, 1.54) is 117 Å². The molecule has 2 aromatic heterocycles. The van der Waals surface area contributed by atoms with Crippen LogP contribution in [0.5, 0.6) is 0 Å². The molecular weight excluding hydrogens is 631 g/mol. The van der Waals surface area contributed by atoms with Gasteiger partial charge in [0.05, 0.1) is 11.4 Å². The molecule has 232 valence electrons. The van der Waals surface area contributed by atoms with E-state index in [0.29, 0.717) is 0 Å². The van der Waals surface area contributed by atoms with Crippen LogP contribution in [0.1, 0.15) is 24.0 Å². The van der Waals surface area contributed by atoms with Gasteiger partial charge in [0.25, 0.3) is 6.71 Å². The van der Waals surface area contributed by atoms with Crippen molar-refractivity contribution in [1.29, 1.82) is 0 Å². The summed E-state index contributed by atoms with van der Waals surface area (Å²) in [5.41, 5.74) is 14.6. The Hall–Kier alpha value is -5.10. The molecular formula is C44H31BN2S2. The van der Waals surface area contributed by atoms with Crippen LogP contribution < -0.4 is 24.8 Å². The summed E-state index contributed by atoms with van der Waals surface area (Å²) in [6.07, 6.45) is 5.03. The maximum Gasteiger partial charge on any atom is 0.277 e. The zero-order valence-electron chi connectivity index (χ0n) is 26.9. The number of thiophene rings is 2. The third-order valence-corrected chi connectivity index (χ3v) is 13.3. The Morgan fingerprint density at radius 3 is 1.67 bits per heavy atom. The summed E-state index contributed by atoms with van der Waals surface area (Å²) in [4.78, 5) is 5.08. The molecule has 0 bridgehead atoms. The molecule has 4 heterocycles. The first-order valence-corrected chi connectivity index (χ1v) is 19.0. The molecule has 5 heteroatoms. The van der Waals surface area contributed by atoms with Crippen LogP contribution in [0.15, 0.2) is 140 Å². The van der Waals surface area contributed by atoms with Gasteiger partial charge in [0.1, 0.15) is 0 Å². The van der Waals surface area contributed by atoms with E-state index < -0.39 is 0 Å². The first kappa shape index (κ1) is 27.8. The number of hydrogen-bond donors (Lipinski definition) is 0. The highest BCUT2D eigenvalue weighted by Crippen LogP contribution is 2.50. The molecule has 2 nitrogen and oxygen atoms in total. The fraction of sp³-hybridized carbons (Fsp3) is 0.0909. The minimum Gasteiger partial charge on any atom is -0.310 e. The maximum atomic E-state index is 2.56. The van der Waals surface area contributed by atoms with Gasteiger partial charge in [0, 0.05) is 52.5 Å². The average molecular weight is 663 g/mol.